The summed E-state index contributed by atoms with van der Waals surface area (Å²) in [6.07, 6.45) is 7.82. The van der Waals surface area contributed by atoms with Crippen molar-refractivity contribution >= 4 is 5.69 Å². The van der Waals surface area contributed by atoms with Crippen LogP contribution in [0.15, 0.2) is 18.5 Å². The molecule has 3 heteroatoms. The smallest absolute Gasteiger partial charge is 0.0430 e. The molecule has 3 heterocycles. The van der Waals surface area contributed by atoms with Crippen LogP contribution in [0.5, 0.6) is 0 Å². The molecule has 1 atom stereocenters. The Balaban J connectivity index is 1.68. The molecule has 1 N–H and O–H groups in total. The predicted octanol–water partition coefficient (Wildman–Crippen LogP) is 1.44. The van der Waals surface area contributed by atoms with Crippen molar-refractivity contribution in [3.05, 3.63) is 24.0 Å². The summed E-state index contributed by atoms with van der Waals surface area (Å²) in [6, 6.07) is 2.17. The lowest BCUT2D eigenvalue weighted by atomic mass is 9.99. The number of aromatic nitrogens is 1. The van der Waals surface area contributed by atoms with Crippen LogP contribution in [0.1, 0.15) is 18.4 Å². The van der Waals surface area contributed by atoms with Gasteiger partial charge in [-0.3, -0.25) is 4.98 Å². The van der Waals surface area contributed by atoms with Gasteiger partial charge in [0.2, 0.25) is 0 Å². The zero-order valence-corrected chi connectivity index (χ0v) is 9.65. The fourth-order valence-corrected chi connectivity index (χ4v) is 2.88. The Kier molecular flexibility index (Phi) is 2.79. The van der Waals surface area contributed by atoms with Crippen molar-refractivity contribution in [3.8, 4) is 0 Å². The van der Waals surface area contributed by atoms with E-state index in [2.05, 4.69) is 21.3 Å². The summed E-state index contributed by atoms with van der Waals surface area (Å²) in [7, 11) is 0. The van der Waals surface area contributed by atoms with Gasteiger partial charge in [0.1, 0.15) is 0 Å². The number of nitrogens with zero attached hydrogens (tertiary/aromatic N) is 2. The van der Waals surface area contributed by atoms with Crippen molar-refractivity contribution in [1.82, 2.24) is 10.3 Å². The summed E-state index contributed by atoms with van der Waals surface area (Å²) in [5, 5.41) is 3.49. The van der Waals surface area contributed by atoms with Gasteiger partial charge in [-0.1, -0.05) is 0 Å². The van der Waals surface area contributed by atoms with Gasteiger partial charge in [0.25, 0.3) is 0 Å². The van der Waals surface area contributed by atoms with Crippen LogP contribution in [0.4, 0.5) is 5.69 Å². The number of hydrogen-bond donors (Lipinski definition) is 1. The molecular formula is C13H19N3. The monoisotopic (exact) mass is 217 g/mol. The molecule has 86 valence electrons. The summed E-state index contributed by atoms with van der Waals surface area (Å²) < 4.78 is 0. The van der Waals surface area contributed by atoms with Gasteiger partial charge in [-0.05, 0) is 49.9 Å². The summed E-state index contributed by atoms with van der Waals surface area (Å²) in [5.74, 6) is 0.827. The Bertz CT molecular complexity index is 358. The van der Waals surface area contributed by atoms with Crippen molar-refractivity contribution in [1.29, 1.82) is 0 Å². The molecule has 0 aromatic carbocycles. The van der Waals surface area contributed by atoms with Gasteiger partial charge >= 0.3 is 0 Å². The number of piperidine rings is 1. The van der Waals surface area contributed by atoms with E-state index in [0.717, 1.165) is 5.92 Å². The molecule has 0 radical (unpaired) electrons. The molecule has 1 aromatic heterocycles. The molecule has 3 nitrogen and oxygen atoms in total. The van der Waals surface area contributed by atoms with Crippen LogP contribution in [0.3, 0.4) is 0 Å². The second-order valence-electron chi connectivity index (χ2n) is 4.91. The molecule has 16 heavy (non-hydrogen) atoms. The highest BCUT2D eigenvalue weighted by atomic mass is 15.2. The lowest BCUT2D eigenvalue weighted by Gasteiger charge is -2.29. The first-order valence-electron chi connectivity index (χ1n) is 6.32. The standard InChI is InChI=1S/C13H19N3/c1-2-11(8-14-5-1)10-16-7-4-12-9-15-6-3-13(12)16/h3,6,9,11,14H,1-2,4-5,7-8,10H2. The fourth-order valence-electron chi connectivity index (χ4n) is 2.88. The van der Waals surface area contributed by atoms with E-state index >= 15 is 0 Å². The average molecular weight is 217 g/mol. The van der Waals surface area contributed by atoms with Gasteiger partial charge in [0.05, 0.1) is 0 Å². The first-order valence-corrected chi connectivity index (χ1v) is 6.32. The second-order valence-corrected chi connectivity index (χ2v) is 4.91. The summed E-state index contributed by atoms with van der Waals surface area (Å²) in [5.41, 5.74) is 2.84. The molecule has 3 rings (SSSR count). The number of pyridine rings is 1. The van der Waals surface area contributed by atoms with E-state index < -0.39 is 0 Å². The first-order chi connectivity index (χ1) is 7.93. The Labute approximate surface area is 96.9 Å². The fraction of sp³-hybridized carbons (Fsp3) is 0.615. The van der Waals surface area contributed by atoms with Crippen LogP contribution >= 0.6 is 0 Å². The average Bonchev–Trinajstić information content (AvgIpc) is 2.74. The molecule has 1 saturated heterocycles. The zero-order valence-electron chi connectivity index (χ0n) is 9.65. The largest absolute Gasteiger partial charge is 0.371 e. The van der Waals surface area contributed by atoms with Crippen molar-refractivity contribution in [2.24, 2.45) is 5.92 Å². The van der Waals surface area contributed by atoms with Gasteiger partial charge in [-0.15, -0.1) is 0 Å². The maximum atomic E-state index is 4.20. The van der Waals surface area contributed by atoms with Crippen LogP contribution < -0.4 is 10.2 Å². The number of anilines is 1. The van der Waals surface area contributed by atoms with E-state index in [1.807, 2.05) is 12.4 Å². The van der Waals surface area contributed by atoms with Gasteiger partial charge in [0.15, 0.2) is 0 Å². The summed E-state index contributed by atoms with van der Waals surface area (Å²) in [6.45, 7) is 4.79. The molecule has 2 aliphatic heterocycles. The highest BCUT2D eigenvalue weighted by Crippen LogP contribution is 2.28. The number of nitrogens with one attached hydrogen (secondary N) is 1. The number of hydrogen-bond acceptors (Lipinski definition) is 3. The van der Waals surface area contributed by atoms with Crippen LogP contribution in [-0.4, -0.2) is 31.2 Å². The highest BCUT2D eigenvalue weighted by Gasteiger charge is 2.22. The van der Waals surface area contributed by atoms with E-state index in [-0.39, 0.29) is 0 Å². The molecule has 1 fully saturated rings. The van der Waals surface area contributed by atoms with Crippen LogP contribution in [-0.2, 0) is 6.42 Å². The van der Waals surface area contributed by atoms with Gasteiger partial charge in [0, 0.05) is 31.2 Å². The molecule has 0 amide bonds. The number of rotatable bonds is 2. The molecule has 0 aliphatic carbocycles. The maximum absolute atomic E-state index is 4.20. The van der Waals surface area contributed by atoms with Crippen molar-refractivity contribution in [2.45, 2.75) is 19.3 Å². The lowest BCUT2D eigenvalue weighted by Crippen LogP contribution is -2.37. The van der Waals surface area contributed by atoms with Gasteiger partial charge in [-0.25, -0.2) is 0 Å². The van der Waals surface area contributed by atoms with Crippen LogP contribution in [0.25, 0.3) is 0 Å². The van der Waals surface area contributed by atoms with Crippen LogP contribution in [0.2, 0.25) is 0 Å². The Morgan fingerprint density at radius 1 is 1.50 bits per heavy atom. The third-order valence-corrected chi connectivity index (χ3v) is 3.75. The maximum Gasteiger partial charge on any atom is 0.0430 e. The van der Waals surface area contributed by atoms with E-state index in [4.69, 9.17) is 0 Å². The minimum Gasteiger partial charge on any atom is -0.371 e. The third-order valence-electron chi connectivity index (χ3n) is 3.75. The predicted molar refractivity (Wildman–Crippen MR) is 65.7 cm³/mol. The minimum absolute atomic E-state index is 0.827. The van der Waals surface area contributed by atoms with Crippen LogP contribution in [0, 0.1) is 5.92 Å². The second kappa shape index (κ2) is 4.42. The van der Waals surface area contributed by atoms with Gasteiger partial charge in [-0.2, -0.15) is 0 Å². The quantitative estimate of drug-likeness (QED) is 0.812. The third kappa shape index (κ3) is 1.92. The minimum atomic E-state index is 0.827. The van der Waals surface area contributed by atoms with Crippen molar-refractivity contribution < 1.29 is 0 Å². The SMILES string of the molecule is c1cc2c(cn1)CCN2CC1CCCNC1. The lowest BCUT2D eigenvalue weighted by molar-refractivity contribution is 0.378. The molecule has 0 bridgehead atoms. The van der Waals surface area contributed by atoms with E-state index in [1.54, 1.807) is 0 Å². The molecule has 2 aliphatic rings. The van der Waals surface area contributed by atoms with E-state index in [9.17, 15) is 0 Å². The molecule has 0 spiro atoms. The number of fused-ring (bicyclic) bond motifs is 1. The Hall–Kier alpha value is -1.09. The Morgan fingerprint density at radius 3 is 3.38 bits per heavy atom. The Morgan fingerprint density at radius 2 is 2.50 bits per heavy atom. The molecule has 0 saturated carbocycles. The first kappa shape index (κ1) is 10.1. The molecule has 1 unspecified atom stereocenters. The molecule has 1 aromatic rings. The molecular weight excluding hydrogens is 198 g/mol. The van der Waals surface area contributed by atoms with Crippen molar-refractivity contribution in [2.75, 3.05) is 31.1 Å². The van der Waals surface area contributed by atoms with Crippen molar-refractivity contribution in [3.63, 3.8) is 0 Å². The van der Waals surface area contributed by atoms with E-state index in [1.165, 1.54) is 56.7 Å². The van der Waals surface area contributed by atoms with E-state index in [0.29, 0.717) is 0 Å². The summed E-state index contributed by atoms with van der Waals surface area (Å²) in [4.78, 5) is 6.73. The highest BCUT2D eigenvalue weighted by molar-refractivity contribution is 5.56. The van der Waals surface area contributed by atoms with Gasteiger partial charge < -0.3 is 10.2 Å². The summed E-state index contributed by atoms with van der Waals surface area (Å²) >= 11 is 0. The normalized spacial score (nSPS) is 24.5. The topological polar surface area (TPSA) is 28.2 Å². The zero-order chi connectivity index (χ0) is 10.8.